The molecule has 0 aliphatic carbocycles. The van der Waals surface area contributed by atoms with Crippen molar-refractivity contribution in [1.82, 2.24) is 0 Å². The van der Waals surface area contributed by atoms with E-state index in [4.69, 9.17) is 10.8 Å². The van der Waals surface area contributed by atoms with Crippen molar-refractivity contribution < 1.29 is 9.90 Å². The third-order valence-corrected chi connectivity index (χ3v) is 3.26. The fraction of sp³-hybridized carbons (Fsp3) is 0.235. The Hall–Kier alpha value is -2.17. The number of amides is 1. The summed E-state index contributed by atoms with van der Waals surface area (Å²) in [5.41, 5.74) is 8.71. The molecule has 0 saturated heterocycles. The second kappa shape index (κ2) is 7.57. The molecule has 0 bridgehead atoms. The summed E-state index contributed by atoms with van der Waals surface area (Å²) >= 11 is 0. The number of aliphatic hydroxyl groups is 1. The number of hydrogen-bond donors (Lipinski definition) is 3. The maximum atomic E-state index is 12.1. The summed E-state index contributed by atoms with van der Waals surface area (Å²) in [7, 11) is 0. The number of benzene rings is 2. The van der Waals surface area contributed by atoms with Gasteiger partial charge in [0, 0.05) is 12.3 Å². The number of carbonyl (C=O) groups excluding carboxylic acids is 1. The molecule has 21 heavy (non-hydrogen) atoms. The zero-order valence-corrected chi connectivity index (χ0v) is 11.8. The molecule has 0 aliphatic heterocycles. The van der Waals surface area contributed by atoms with Gasteiger partial charge in [-0.2, -0.15) is 0 Å². The molecule has 0 unspecified atom stereocenters. The van der Waals surface area contributed by atoms with Gasteiger partial charge in [-0.25, -0.2) is 0 Å². The molecule has 2 aromatic rings. The van der Waals surface area contributed by atoms with Crippen LogP contribution in [-0.2, 0) is 17.6 Å². The van der Waals surface area contributed by atoms with Gasteiger partial charge >= 0.3 is 0 Å². The van der Waals surface area contributed by atoms with E-state index >= 15 is 0 Å². The average Bonchev–Trinajstić information content (AvgIpc) is 2.50. The van der Waals surface area contributed by atoms with E-state index in [1.807, 2.05) is 54.6 Å². The van der Waals surface area contributed by atoms with Gasteiger partial charge in [-0.05, 0) is 36.1 Å². The van der Waals surface area contributed by atoms with Crippen molar-refractivity contribution in [1.29, 1.82) is 0 Å². The monoisotopic (exact) mass is 284 g/mol. The zero-order chi connectivity index (χ0) is 15.1. The van der Waals surface area contributed by atoms with Crippen LogP contribution in [0.3, 0.4) is 0 Å². The van der Waals surface area contributed by atoms with Crippen molar-refractivity contribution in [2.24, 2.45) is 5.73 Å². The molecule has 4 nitrogen and oxygen atoms in total. The number of nitrogens with one attached hydrogen (secondary N) is 1. The summed E-state index contributed by atoms with van der Waals surface area (Å²) in [6.07, 6.45) is 1.12. The van der Waals surface area contributed by atoms with Gasteiger partial charge in [-0.15, -0.1) is 0 Å². The van der Waals surface area contributed by atoms with Crippen LogP contribution in [0.1, 0.15) is 11.1 Å². The number of nitrogens with two attached hydrogens (primary N) is 1. The Kier molecular flexibility index (Phi) is 5.49. The van der Waals surface area contributed by atoms with Crippen LogP contribution in [0.5, 0.6) is 0 Å². The van der Waals surface area contributed by atoms with Crippen LogP contribution < -0.4 is 11.1 Å². The van der Waals surface area contributed by atoms with Gasteiger partial charge in [0.1, 0.15) is 0 Å². The molecule has 0 fully saturated rings. The Morgan fingerprint density at radius 2 is 1.71 bits per heavy atom. The molecule has 1 amide bonds. The standard InChI is InChI=1S/C17H20N2O2/c18-16(12-14-4-2-1-3-5-14)17(21)19-15-8-6-13(7-9-15)10-11-20/h1-9,16,20H,10-12,18H2,(H,19,21)/t16-/m0/s1. The van der Waals surface area contributed by atoms with Gasteiger partial charge < -0.3 is 16.2 Å². The van der Waals surface area contributed by atoms with E-state index in [-0.39, 0.29) is 12.5 Å². The predicted octanol–water partition coefficient (Wildman–Crippen LogP) is 1.73. The highest BCUT2D eigenvalue weighted by Crippen LogP contribution is 2.11. The van der Waals surface area contributed by atoms with E-state index in [0.717, 1.165) is 11.1 Å². The average molecular weight is 284 g/mol. The molecular weight excluding hydrogens is 264 g/mol. The molecule has 0 aromatic heterocycles. The third-order valence-electron chi connectivity index (χ3n) is 3.26. The van der Waals surface area contributed by atoms with E-state index in [1.54, 1.807) is 0 Å². The molecule has 0 saturated carbocycles. The summed E-state index contributed by atoms with van der Waals surface area (Å²) in [5.74, 6) is -0.200. The number of rotatable bonds is 6. The molecule has 2 aromatic carbocycles. The second-order valence-electron chi connectivity index (χ2n) is 4.96. The van der Waals surface area contributed by atoms with Crippen LogP contribution in [0.15, 0.2) is 54.6 Å². The lowest BCUT2D eigenvalue weighted by Gasteiger charge is -2.12. The number of hydrogen-bond acceptors (Lipinski definition) is 3. The Bertz CT molecular complexity index is 567. The topological polar surface area (TPSA) is 75.4 Å². The summed E-state index contributed by atoms with van der Waals surface area (Å²) in [5, 5.41) is 11.7. The van der Waals surface area contributed by atoms with Crippen molar-refractivity contribution in [2.45, 2.75) is 18.9 Å². The largest absolute Gasteiger partial charge is 0.396 e. The third kappa shape index (κ3) is 4.70. The minimum Gasteiger partial charge on any atom is -0.396 e. The molecular formula is C17H20N2O2. The van der Waals surface area contributed by atoms with Gasteiger partial charge in [0.25, 0.3) is 0 Å². The second-order valence-corrected chi connectivity index (χ2v) is 4.96. The summed E-state index contributed by atoms with van der Waals surface area (Å²) < 4.78 is 0. The Morgan fingerprint density at radius 1 is 1.05 bits per heavy atom. The molecule has 0 heterocycles. The molecule has 4 heteroatoms. The van der Waals surface area contributed by atoms with E-state index in [1.165, 1.54) is 0 Å². The highest BCUT2D eigenvalue weighted by Gasteiger charge is 2.14. The van der Waals surface area contributed by atoms with Crippen molar-refractivity contribution in [2.75, 3.05) is 11.9 Å². The maximum absolute atomic E-state index is 12.1. The molecule has 0 aliphatic rings. The van der Waals surface area contributed by atoms with Crippen molar-refractivity contribution in [3.05, 3.63) is 65.7 Å². The van der Waals surface area contributed by atoms with Gasteiger partial charge in [0.05, 0.1) is 6.04 Å². The van der Waals surface area contributed by atoms with Gasteiger partial charge in [-0.1, -0.05) is 42.5 Å². The van der Waals surface area contributed by atoms with Crippen LogP contribution >= 0.6 is 0 Å². The minimum atomic E-state index is -0.579. The molecule has 4 N–H and O–H groups in total. The first-order valence-corrected chi connectivity index (χ1v) is 6.99. The summed E-state index contributed by atoms with van der Waals surface area (Å²) in [6, 6.07) is 16.5. The molecule has 110 valence electrons. The fourth-order valence-corrected chi connectivity index (χ4v) is 2.08. The number of aliphatic hydroxyl groups excluding tert-OH is 1. The Morgan fingerprint density at radius 3 is 2.33 bits per heavy atom. The summed E-state index contributed by atoms with van der Waals surface area (Å²) in [6.45, 7) is 0.119. The van der Waals surface area contributed by atoms with Crippen LogP contribution in [0, 0.1) is 0 Å². The van der Waals surface area contributed by atoms with Crippen LogP contribution in [0.4, 0.5) is 5.69 Å². The quantitative estimate of drug-likeness (QED) is 0.756. The van der Waals surface area contributed by atoms with Crippen molar-refractivity contribution in [3.63, 3.8) is 0 Å². The molecule has 0 radical (unpaired) electrons. The van der Waals surface area contributed by atoms with E-state index in [0.29, 0.717) is 18.5 Å². The lowest BCUT2D eigenvalue weighted by atomic mass is 10.1. The van der Waals surface area contributed by atoms with Crippen LogP contribution in [-0.4, -0.2) is 23.7 Å². The lowest BCUT2D eigenvalue weighted by molar-refractivity contribution is -0.117. The van der Waals surface area contributed by atoms with Gasteiger partial charge in [0.15, 0.2) is 0 Å². The maximum Gasteiger partial charge on any atom is 0.241 e. The highest BCUT2D eigenvalue weighted by atomic mass is 16.2. The SMILES string of the molecule is N[C@@H](Cc1ccccc1)C(=O)Nc1ccc(CCO)cc1. The number of anilines is 1. The zero-order valence-electron chi connectivity index (χ0n) is 11.8. The van der Waals surface area contributed by atoms with Gasteiger partial charge in [-0.3, -0.25) is 4.79 Å². The number of carbonyl (C=O) groups is 1. The van der Waals surface area contributed by atoms with Gasteiger partial charge in [0.2, 0.25) is 5.91 Å². The Labute approximate surface area is 124 Å². The van der Waals surface area contributed by atoms with Crippen LogP contribution in [0.2, 0.25) is 0 Å². The van der Waals surface area contributed by atoms with Crippen LogP contribution in [0.25, 0.3) is 0 Å². The first-order valence-electron chi connectivity index (χ1n) is 6.99. The van der Waals surface area contributed by atoms with E-state index in [9.17, 15) is 4.79 Å². The smallest absolute Gasteiger partial charge is 0.241 e. The molecule has 2 rings (SSSR count). The molecule has 1 atom stereocenters. The van der Waals surface area contributed by atoms with Crippen molar-refractivity contribution in [3.8, 4) is 0 Å². The normalized spacial score (nSPS) is 11.9. The lowest BCUT2D eigenvalue weighted by Crippen LogP contribution is -2.37. The highest BCUT2D eigenvalue weighted by molar-refractivity contribution is 5.94. The van der Waals surface area contributed by atoms with Crippen molar-refractivity contribution >= 4 is 11.6 Å². The minimum absolute atomic E-state index is 0.119. The fourth-order valence-electron chi connectivity index (χ4n) is 2.08. The van der Waals surface area contributed by atoms with E-state index in [2.05, 4.69) is 5.32 Å². The first kappa shape index (κ1) is 15.2. The van der Waals surface area contributed by atoms with E-state index < -0.39 is 6.04 Å². The summed E-state index contributed by atoms with van der Waals surface area (Å²) in [4.78, 5) is 12.1. The molecule has 0 spiro atoms. The predicted molar refractivity (Wildman–Crippen MR) is 84.0 cm³/mol. The first-order chi connectivity index (χ1) is 10.2. The Balaban J connectivity index is 1.91.